The lowest BCUT2D eigenvalue weighted by molar-refractivity contribution is -0.301. The lowest BCUT2D eigenvalue weighted by Crippen LogP contribution is -2.23. The molecule has 1 saturated carbocycles. The van der Waals surface area contributed by atoms with Gasteiger partial charge < -0.3 is 0 Å². The Kier molecular flexibility index (Phi) is 3.99. The van der Waals surface area contributed by atoms with E-state index in [0.717, 1.165) is 18.4 Å². The molecule has 2 aromatic carbocycles. The van der Waals surface area contributed by atoms with Crippen molar-refractivity contribution >= 4 is 5.97 Å². The van der Waals surface area contributed by atoms with Crippen LogP contribution in [0.15, 0.2) is 54.6 Å². The molecule has 2 aromatic rings. The second-order valence-corrected chi connectivity index (χ2v) is 7.06. The van der Waals surface area contributed by atoms with E-state index in [1.165, 1.54) is 5.56 Å². The molecule has 0 unspecified atom stereocenters. The van der Waals surface area contributed by atoms with Crippen molar-refractivity contribution in [3.63, 3.8) is 0 Å². The van der Waals surface area contributed by atoms with Crippen LogP contribution in [0.4, 0.5) is 0 Å². The molecule has 120 valence electrons. The van der Waals surface area contributed by atoms with Gasteiger partial charge in [-0.1, -0.05) is 48.5 Å². The first kappa shape index (κ1) is 15.8. The maximum atomic E-state index is 12.5. The summed E-state index contributed by atoms with van der Waals surface area (Å²) >= 11 is 0. The minimum absolute atomic E-state index is 0.0708. The van der Waals surface area contributed by atoms with Crippen LogP contribution in [0.2, 0.25) is 0 Å². The summed E-state index contributed by atoms with van der Waals surface area (Å²) in [7, 11) is 0. The summed E-state index contributed by atoms with van der Waals surface area (Å²) in [4.78, 5) is 22.7. The highest BCUT2D eigenvalue weighted by molar-refractivity contribution is 5.91. The van der Waals surface area contributed by atoms with Gasteiger partial charge >= 0.3 is 5.97 Å². The largest absolute Gasteiger partial charge is 0.373 e. The Morgan fingerprint density at radius 2 is 1.57 bits per heavy atom. The molecule has 0 aromatic heterocycles. The van der Waals surface area contributed by atoms with Crippen molar-refractivity contribution in [2.75, 3.05) is 0 Å². The number of carbonyl (C=O) groups is 1. The maximum absolute atomic E-state index is 12.5. The molecule has 0 amide bonds. The van der Waals surface area contributed by atoms with Gasteiger partial charge in [0, 0.05) is 5.41 Å². The lowest BCUT2D eigenvalue weighted by Gasteiger charge is -2.21. The van der Waals surface area contributed by atoms with Gasteiger partial charge in [0.05, 0.1) is 5.56 Å². The van der Waals surface area contributed by atoms with Crippen molar-refractivity contribution in [1.29, 1.82) is 0 Å². The third kappa shape index (κ3) is 3.30. The van der Waals surface area contributed by atoms with E-state index in [9.17, 15) is 4.79 Å². The van der Waals surface area contributed by atoms with Gasteiger partial charge in [-0.25, -0.2) is 4.79 Å². The zero-order valence-electron chi connectivity index (χ0n) is 13.8. The molecular formula is C20H22O3. The molecule has 23 heavy (non-hydrogen) atoms. The zero-order valence-corrected chi connectivity index (χ0v) is 13.8. The van der Waals surface area contributed by atoms with E-state index < -0.39 is 11.6 Å². The van der Waals surface area contributed by atoms with Crippen LogP contribution in [0, 0.1) is 0 Å². The summed E-state index contributed by atoms with van der Waals surface area (Å²) in [6.07, 6.45) is 2.09. The van der Waals surface area contributed by atoms with E-state index in [-0.39, 0.29) is 5.41 Å². The Labute approximate surface area is 137 Å². The van der Waals surface area contributed by atoms with Crippen molar-refractivity contribution in [2.45, 2.75) is 44.6 Å². The molecule has 0 atom stereocenters. The summed E-state index contributed by atoms with van der Waals surface area (Å²) < 4.78 is 0. The standard InChI is InChI=1S/C20H22O3/c1-19(2,3)23-22-18(21)16-11-7-8-12-17(16)20(13-14-20)15-9-5-4-6-10-15/h4-12H,13-14H2,1-3H3. The SMILES string of the molecule is CC(C)(C)OOC(=O)c1ccccc1C1(c2ccccc2)CC1. The molecule has 0 N–H and O–H groups in total. The molecule has 1 aliphatic rings. The van der Waals surface area contributed by atoms with E-state index in [1.54, 1.807) is 0 Å². The van der Waals surface area contributed by atoms with E-state index in [0.29, 0.717) is 5.56 Å². The second-order valence-electron chi connectivity index (χ2n) is 7.06. The van der Waals surface area contributed by atoms with E-state index >= 15 is 0 Å². The molecule has 0 saturated heterocycles. The lowest BCUT2D eigenvalue weighted by atomic mass is 9.85. The first-order valence-electron chi connectivity index (χ1n) is 7.97. The van der Waals surface area contributed by atoms with E-state index in [4.69, 9.17) is 9.78 Å². The van der Waals surface area contributed by atoms with Crippen LogP contribution in [-0.2, 0) is 15.2 Å². The molecule has 3 nitrogen and oxygen atoms in total. The van der Waals surface area contributed by atoms with Gasteiger partial charge in [-0.05, 0) is 50.8 Å². The van der Waals surface area contributed by atoms with Gasteiger partial charge in [0.1, 0.15) is 5.60 Å². The first-order chi connectivity index (χ1) is 10.9. The first-order valence-corrected chi connectivity index (χ1v) is 7.97. The van der Waals surface area contributed by atoms with Crippen LogP contribution < -0.4 is 0 Å². The third-order valence-corrected chi connectivity index (χ3v) is 4.11. The molecule has 0 radical (unpaired) electrons. The van der Waals surface area contributed by atoms with Gasteiger partial charge in [-0.15, -0.1) is 0 Å². The summed E-state index contributed by atoms with van der Waals surface area (Å²) in [5, 5.41) is 0. The van der Waals surface area contributed by atoms with Gasteiger partial charge in [-0.2, -0.15) is 4.89 Å². The van der Waals surface area contributed by atoms with Gasteiger partial charge in [-0.3, -0.25) is 4.89 Å². The summed E-state index contributed by atoms with van der Waals surface area (Å²) in [5.74, 6) is -0.433. The van der Waals surface area contributed by atoms with Crippen LogP contribution in [0.25, 0.3) is 0 Å². The highest BCUT2D eigenvalue weighted by Crippen LogP contribution is 2.54. The number of rotatable bonds is 4. The van der Waals surface area contributed by atoms with E-state index in [1.807, 2.05) is 63.2 Å². The highest BCUT2D eigenvalue weighted by atomic mass is 17.2. The van der Waals surface area contributed by atoms with Crippen LogP contribution in [0.5, 0.6) is 0 Å². The Balaban J connectivity index is 1.92. The monoisotopic (exact) mass is 310 g/mol. The predicted octanol–water partition coefficient (Wildman–Crippen LogP) is 4.65. The number of hydrogen-bond acceptors (Lipinski definition) is 3. The smallest absolute Gasteiger partial charge is 0.292 e. The fourth-order valence-electron chi connectivity index (χ4n) is 2.88. The minimum Gasteiger partial charge on any atom is -0.292 e. The molecule has 3 heteroatoms. The third-order valence-electron chi connectivity index (χ3n) is 4.11. The van der Waals surface area contributed by atoms with Crippen molar-refractivity contribution in [3.8, 4) is 0 Å². The Bertz CT molecular complexity index is 694. The van der Waals surface area contributed by atoms with Crippen LogP contribution in [0.1, 0.15) is 55.1 Å². The summed E-state index contributed by atoms with van der Waals surface area (Å²) in [5.41, 5.74) is 2.25. The van der Waals surface area contributed by atoms with Crippen molar-refractivity contribution in [1.82, 2.24) is 0 Å². The van der Waals surface area contributed by atoms with Crippen LogP contribution >= 0.6 is 0 Å². The van der Waals surface area contributed by atoms with Gasteiger partial charge in [0.15, 0.2) is 0 Å². The maximum Gasteiger partial charge on any atom is 0.373 e. The summed E-state index contributed by atoms with van der Waals surface area (Å²) in [6, 6.07) is 18.0. The predicted molar refractivity (Wildman–Crippen MR) is 89.2 cm³/mol. The van der Waals surface area contributed by atoms with Crippen LogP contribution in [-0.4, -0.2) is 11.6 Å². The number of hydrogen-bond donors (Lipinski definition) is 0. The normalized spacial score (nSPS) is 16.0. The Morgan fingerprint density at radius 1 is 0.957 bits per heavy atom. The quantitative estimate of drug-likeness (QED) is 0.609. The average Bonchev–Trinajstić information content (AvgIpc) is 3.34. The second kappa shape index (κ2) is 5.82. The van der Waals surface area contributed by atoms with Crippen molar-refractivity contribution < 1.29 is 14.6 Å². The molecule has 0 spiro atoms. The molecule has 0 bridgehead atoms. The minimum atomic E-state index is -0.526. The molecular weight excluding hydrogens is 288 g/mol. The molecule has 3 rings (SSSR count). The molecule has 0 heterocycles. The average molecular weight is 310 g/mol. The van der Waals surface area contributed by atoms with Crippen LogP contribution in [0.3, 0.4) is 0 Å². The molecule has 0 aliphatic heterocycles. The van der Waals surface area contributed by atoms with Crippen molar-refractivity contribution in [2.24, 2.45) is 0 Å². The molecule has 1 fully saturated rings. The summed E-state index contributed by atoms with van der Waals surface area (Å²) in [6.45, 7) is 5.54. The fraction of sp³-hybridized carbons (Fsp3) is 0.350. The molecule has 1 aliphatic carbocycles. The number of carbonyl (C=O) groups excluding carboxylic acids is 1. The number of benzene rings is 2. The van der Waals surface area contributed by atoms with Gasteiger partial charge in [0.25, 0.3) is 0 Å². The van der Waals surface area contributed by atoms with Crippen molar-refractivity contribution in [3.05, 3.63) is 71.3 Å². The Hall–Kier alpha value is -2.13. The zero-order chi connectivity index (χ0) is 16.5. The fourth-order valence-corrected chi connectivity index (χ4v) is 2.88. The Morgan fingerprint density at radius 3 is 2.17 bits per heavy atom. The van der Waals surface area contributed by atoms with E-state index in [2.05, 4.69) is 12.1 Å². The highest BCUT2D eigenvalue weighted by Gasteiger charge is 2.47. The van der Waals surface area contributed by atoms with Gasteiger partial charge in [0.2, 0.25) is 0 Å². The topological polar surface area (TPSA) is 35.5 Å².